The van der Waals surface area contributed by atoms with Crippen LogP contribution >= 0.6 is 0 Å². The van der Waals surface area contributed by atoms with Crippen LogP contribution in [0.2, 0.25) is 0 Å². The van der Waals surface area contributed by atoms with Crippen molar-refractivity contribution >= 4 is 11.7 Å². The number of aromatic nitrogens is 1. The Morgan fingerprint density at radius 2 is 2.05 bits per heavy atom. The molecule has 6 nitrogen and oxygen atoms in total. The van der Waals surface area contributed by atoms with Crippen molar-refractivity contribution in [3.8, 4) is 0 Å². The second-order valence-corrected chi connectivity index (χ2v) is 5.10. The van der Waals surface area contributed by atoms with Gasteiger partial charge in [0.15, 0.2) is 0 Å². The van der Waals surface area contributed by atoms with Crippen LogP contribution in [0.5, 0.6) is 0 Å². The summed E-state index contributed by atoms with van der Waals surface area (Å²) in [6, 6.07) is 4.14. The van der Waals surface area contributed by atoms with Gasteiger partial charge >= 0.3 is 0 Å². The van der Waals surface area contributed by atoms with Gasteiger partial charge in [-0.25, -0.2) is 4.98 Å². The van der Waals surface area contributed by atoms with E-state index in [-0.39, 0.29) is 0 Å². The van der Waals surface area contributed by atoms with E-state index in [1.807, 2.05) is 0 Å². The topological polar surface area (TPSA) is 74.5 Å². The molecule has 3 N–H and O–H groups in total. The van der Waals surface area contributed by atoms with E-state index in [1.54, 1.807) is 18.3 Å². The van der Waals surface area contributed by atoms with E-state index in [0.29, 0.717) is 11.6 Å². The Hall–Kier alpha value is -1.66. The van der Waals surface area contributed by atoms with Gasteiger partial charge in [-0.15, -0.1) is 0 Å². The predicted octanol–water partition coefficient (Wildman–Crippen LogP) is -0.726. The number of pyridine rings is 1. The number of amides is 1. The second-order valence-electron chi connectivity index (χ2n) is 5.10. The molecular weight excluding hydrogens is 242 g/mol. The van der Waals surface area contributed by atoms with Crippen molar-refractivity contribution < 1.29 is 4.79 Å². The summed E-state index contributed by atoms with van der Waals surface area (Å²) in [5.74, 6) is 0.450. The van der Waals surface area contributed by atoms with E-state index in [2.05, 4.69) is 20.1 Å². The lowest BCUT2D eigenvalue weighted by atomic mass is 10.1. The molecule has 2 aliphatic heterocycles. The minimum absolute atomic E-state index is 0.400. The number of carbonyl (C=O) groups excluding carboxylic acids is 1. The molecule has 2 fully saturated rings. The van der Waals surface area contributed by atoms with E-state index in [9.17, 15) is 4.79 Å². The molecule has 2 aliphatic rings. The molecule has 1 aromatic heterocycles. The lowest BCUT2D eigenvalue weighted by Crippen LogP contribution is -2.61. The molecule has 102 valence electrons. The number of rotatable bonds is 3. The third-order valence-corrected chi connectivity index (χ3v) is 3.94. The maximum atomic E-state index is 11.2. The largest absolute Gasteiger partial charge is 0.366 e. The Morgan fingerprint density at radius 1 is 1.32 bits per heavy atom. The molecule has 6 heteroatoms. The summed E-state index contributed by atoms with van der Waals surface area (Å²) in [5.41, 5.74) is 5.82. The van der Waals surface area contributed by atoms with Crippen LogP contribution in [-0.2, 0) is 0 Å². The summed E-state index contributed by atoms with van der Waals surface area (Å²) in [5, 5.41) is 3.30. The first-order valence-corrected chi connectivity index (χ1v) is 6.69. The molecule has 0 atom stereocenters. The Bertz CT molecular complexity index is 466. The molecule has 0 bridgehead atoms. The van der Waals surface area contributed by atoms with Gasteiger partial charge in [0.1, 0.15) is 5.82 Å². The molecule has 0 aliphatic carbocycles. The van der Waals surface area contributed by atoms with Gasteiger partial charge in [-0.05, 0) is 12.1 Å². The van der Waals surface area contributed by atoms with Crippen LogP contribution in [0.25, 0.3) is 0 Å². The molecule has 0 radical (unpaired) electrons. The number of hydrogen-bond donors (Lipinski definition) is 2. The predicted molar refractivity (Wildman–Crippen MR) is 73.2 cm³/mol. The van der Waals surface area contributed by atoms with E-state index >= 15 is 0 Å². The summed E-state index contributed by atoms with van der Waals surface area (Å²) in [6.07, 6.45) is 1.65. The molecule has 0 aromatic carbocycles. The highest BCUT2D eigenvalue weighted by Crippen LogP contribution is 2.16. The Labute approximate surface area is 112 Å². The fourth-order valence-electron chi connectivity index (χ4n) is 2.59. The normalized spacial score (nSPS) is 21.2. The van der Waals surface area contributed by atoms with Crippen LogP contribution < -0.4 is 16.0 Å². The lowest BCUT2D eigenvalue weighted by Gasteiger charge is -2.43. The summed E-state index contributed by atoms with van der Waals surface area (Å²) >= 11 is 0. The van der Waals surface area contributed by atoms with Crippen molar-refractivity contribution in [2.24, 2.45) is 5.73 Å². The Kier molecular flexibility index (Phi) is 3.35. The van der Waals surface area contributed by atoms with E-state index in [1.165, 1.54) is 0 Å². The van der Waals surface area contributed by atoms with Gasteiger partial charge in [-0.2, -0.15) is 0 Å². The second kappa shape index (κ2) is 5.14. The first kappa shape index (κ1) is 12.4. The zero-order chi connectivity index (χ0) is 13.2. The third-order valence-electron chi connectivity index (χ3n) is 3.94. The van der Waals surface area contributed by atoms with E-state index < -0.39 is 5.91 Å². The van der Waals surface area contributed by atoms with Crippen molar-refractivity contribution in [1.82, 2.24) is 15.2 Å². The average Bonchev–Trinajstić information content (AvgIpc) is 2.38. The lowest BCUT2D eigenvalue weighted by molar-refractivity contribution is 0.1000. The van der Waals surface area contributed by atoms with Gasteiger partial charge in [0.05, 0.1) is 0 Å². The minimum Gasteiger partial charge on any atom is -0.366 e. The smallest absolute Gasteiger partial charge is 0.248 e. The summed E-state index contributed by atoms with van der Waals surface area (Å²) in [4.78, 5) is 20.3. The first-order valence-electron chi connectivity index (χ1n) is 6.69. The first-order chi connectivity index (χ1) is 9.24. The summed E-state index contributed by atoms with van der Waals surface area (Å²) in [6.45, 7) is 6.21. The van der Waals surface area contributed by atoms with Crippen molar-refractivity contribution in [1.29, 1.82) is 0 Å². The number of nitrogens with two attached hydrogens (primary N) is 1. The molecule has 3 heterocycles. The Morgan fingerprint density at radius 3 is 2.63 bits per heavy atom. The molecule has 2 saturated heterocycles. The zero-order valence-electron chi connectivity index (χ0n) is 10.9. The van der Waals surface area contributed by atoms with Gasteiger partial charge in [0.25, 0.3) is 0 Å². The molecular formula is C13H19N5O. The van der Waals surface area contributed by atoms with Crippen molar-refractivity contribution in [2.75, 3.05) is 44.2 Å². The quantitative estimate of drug-likeness (QED) is 0.751. The highest BCUT2D eigenvalue weighted by molar-refractivity contribution is 5.93. The molecule has 0 unspecified atom stereocenters. The number of nitrogens with zero attached hydrogens (tertiary/aromatic N) is 3. The van der Waals surface area contributed by atoms with Crippen LogP contribution in [-0.4, -0.2) is 61.1 Å². The minimum atomic E-state index is -0.400. The van der Waals surface area contributed by atoms with E-state index in [4.69, 9.17) is 5.73 Å². The van der Waals surface area contributed by atoms with Crippen LogP contribution in [0.1, 0.15) is 10.4 Å². The average molecular weight is 261 g/mol. The van der Waals surface area contributed by atoms with Crippen LogP contribution in [0, 0.1) is 0 Å². The molecule has 3 rings (SSSR count). The summed E-state index contributed by atoms with van der Waals surface area (Å²) in [7, 11) is 0. The monoisotopic (exact) mass is 261 g/mol. The van der Waals surface area contributed by atoms with Crippen molar-refractivity contribution in [2.45, 2.75) is 6.04 Å². The molecule has 19 heavy (non-hydrogen) atoms. The van der Waals surface area contributed by atoms with Crippen LogP contribution in [0.4, 0.5) is 5.82 Å². The highest BCUT2D eigenvalue weighted by Gasteiger charge is 2.28. The zero-order valence-corrected chi connectivity index (χ0v) is 10.9. The SMILES string of the molecule is NC(=O)c1ccnc(N2CCN(C3CNC3)CC2)c1. The number of primary amides is 1. The molecule has 0 saturated carbocycles. The molecule has 1 aromatic rings. The molecule has 1 amide bonds. The fourth-order valence-corrected chi connectivity index (χ4v) is 2.59. The Balaban J connectivity index is 1.64. The van der Waals surface area contributed by atoms with E-state index in [0.717, 1.165) is 45.1 Å². The van der Waals surface area contributed by atoms with Crippen molar-refractivity contribution in [3.63, 3.8) is 0 Å². The number of piperazine rings is 1. The number of anilines is 1. The van der Waals surface area contributed by atoms with Crippen molar-refractivity contribution in [3.05, 3.63) is 23.9 Å². The van der Waals surface area contributed by atoms with Gasteiger partial charge in [0.2, 0.25) is 5.91 Å². The van der Waals surface area contributed by atoms with Crippen LogP contribution in [0.3, 0.4) is 0 Å². The van der Waals surface area contributed by atoms with Gasteiger partial charge < -0.3 is 16.0 Å². The van der Waals surface area contributed by atoms with Gasteiger partial charge in [-0.3, -0.25) is 9.69 Å². The maximum Gasteiger partial charge on any atom is 0.248 e. The number of hydrogen-bond acceptors (Lipinski definition) is 5. The van der Waals surface area contributed by atoms with Crippen LogP contribution in [0.15, 0.2) is 18.3 Å². The number of carbonyl (C=O) groups is 1. The standard InChI is InChI=1S/C13H19N5O/c14-13(19)10-1-2-16-12(7-10)18-5-3-17(4-6-18)11-8-15-9-11/h1-2,7,11,15H,3-6,8-9H2,(H2,14,19). The van der Waals surface area contributed by atoms with Gasteiger partial charge in [-0.1, -0.05) is 0 Å². The third kappa shape index (κ3) is 2.54. The molecule has 0 spiro atoms. The van der Waals surface area contributed by atoms with Gasteiger partial charge in [0, 0.05) is 57.1 Å². The maximum absolute atomic E-state index is 11.2. The summed E-state index contributed by atoms with van der Waals surface area (Å²) < 4.78 is 0. The fraction of sp³-hybridized carbons (Fsp3) is 0.538. The highest BCUT2D eigenvalue weighted by atomic mass is 16.1. The number of nitrogens with one attached hydrogen (secondary N) is 1.